The third-order valence-corrected chi connectivity index (χ3v) is 4.94. The van der Waals surface area contributed by atoms with Crippen LogP contribution in [0.15, 0.2) is 28.7 Å². The van der Waals surface area contributed by atoms with E-state index in [1.54, 1.807) is 0 Å². The lowest BCUT2D eigenvalue weighted by Gasteiger charge is -2.22. The molecule has 0 unspecified atom stereocenters. The van der Waals surface area contributed by atoms with Gasteiger partial charge in [0.2, 0.25) is 5.89 Å². The largest absolute Gasteiger partial charge is 0.419 e. The number of hydrogen-bond acceptors (Lipinski definition) is 6. The Morgan fingerprint density at radius 3 is 2.56 bits per heavy atom. The summed E-state index contributed by atoms with van der Waals surface area (Å²) in [6.07, 6.45) is 7.37. The van der Waals surface area contributed by atoms with E-state index in [4.69, 9.17) is 4.42 Å². The topological polar surface area (TPSA) is 76.7 Å². The van der Waals surface area contributed by atoms with Gasteiger partial charge in [0, 0.05) is 23.7 Å². The number of aryl methyl sites for hydroxylation is 1. The fourth-order valence-electron chi connectivity index (χ4n) is 3.52. The molecule has 0 amide bonds. The maximum atomic E-state index is 5.68. The van der Waals surface area contributed by atoms with Gasteiger partial charge in [-0.1, -0.05) is 50.5 Å². The molecule has 0 atom stereocenters. The zero-order valence-electron chi connectivity index (χ0n) is 14.5. The fraction of sp³-hybridized carbons (Fsp3) is 0.474. The summed E-state index contributed by atoms with van der Waals surface area (Å²) in [6, 6.07) is 8.11. The smallest absolute Gasteiger partial charge is 0.268 e. The van der Waals surface area contributed by atoms with E-state index in [-0.39, 0.29) is 0 Å². The number of benzene rings is 1. The summed E-state index contributed by atoms with van der Waals surface area (Å²) in [7, 11) is 0. The predicted molar refractivity (Wildman–Crippen MR) is 97.3 cm³/mol. The second kappa shape index (κ2) is 7.17. The maximum absolute atomic E-state index is 5.68. The summed E-state index contributed by atoms with van der Waals surface area (Å²) < 4.78 is 5.68. The molecule has 25 heavy (non-hydrogen) atoms. The van der Waals surface area contributed by atoms with Crippen LogP contribution in [0, 0.1) is 5.92 Å². The second-order valence-corrected chi connectivity index (χ2v) is 6.68. The van der Waals surface area contributed by atoms with Gasteiger partial charge in [0.05, 0.1) is 0 Å². The van der Waals surface area contributed by atoms with E-state index in [1.807, 2.05) is 25.1 Å². The molecule has 0 saturated heterocycles. The van der Waals surface area contributed by atoms with E-state index in [2.05, 4.69) is 31.8 Å². The summed E-state index contributed by atoms with van der Waals surface area (Å²) >= 11 is 0. The Balaban J connectivity index is 1.64. The van der Waals surface area contributed by atoms with Crippen molar-refractivity contribution in [1.82, 2.24) is 20.4 Å². The summed E-state index contributed by atoms with van der Waals surface area (Å²) in [5.74, 6) is 2.61. The lowest BCUT2D eigenvalue weighted by atomic mass is 9.89. The van der Waals surface area contributed by atoms with Crippen molar-refractivity contribution in [2.24, 2.45) is 5.92 Å². The van der Waals surface area contributed by atoms with Crippen LogP contribution in [0.3, 0.4) is 0 Å². The molecule has 0 aliphatic heterocycles. The van der Waals surface area contributed by atoms with Crippen molar-refractivity contribution in [2.75, 3.05) is 11.9 Å². The zero-order chi connectivity index (χ0) is 17.1. The fourth-order valence-corrected chi connectivity index (χ4v) is 3.52. The van der Waals surface area contributed by atoms with Crippen LogP contribution in [0.2, 0.25) is 0 Å². The molecule has 2 heterocycles. The molecule has 1 fully saturated rings. The zero-order valence-corrected chi connectivity index (χ0v) is 14.5. The molecule has 3 aromatic rings. The molecular weight excluding hydrogens is 314 g/mol. The summed E-state index contributed by atoms with van der Waals surface area (Å²) in [5.41, 5.74) is 0.644. The van der Waals surface area contributed by atoms with Gasteiger partial charge in [0.1, 0.15) is 0 Å². The van der Waals surface area contributed by atoms with E-state index < -0.39 is 0 Å². The van der Waals surface area contributed by atoms with Crippen LogP contribution in [0.25, 0.3) is 22.4 Å². The van der Waals surface area contributed by atoms with Gasteiger partial charge in [-0.25, -0.2) is 0 Å². The van der Waals surface area contributed by atoms with Crippen molar-refractivity contribution < 1.29 is 4.42 Å². The number of nitrogens with one attached hydrogen (secondary N) is 1. The SMILES string of the molecule is CCc1nnc(-c2nnc(NCC3CCCCC3)c3ccccc23)o1. The Morgan fingerprint density at radius 2 is 1.80 bits per heavy atom. The number of rotatable bonds is 5. The Bertz CT molecular complexity index is 854. The average Bonchev–Trinajstić information content (AvgIpc) is 3.16. The van der Waals surface area contributed by atoms with Crippen LogP contribution in [0.1, 0.15) is 44.9 Å². The maximum Gasteiger partial charge on any atom is 0.268 e. The van der Waals surface area contributed by atoms with Gasteiger partial charge in [-0.2, -0.15) is 0 Å². The molecule has 6 nitrogen and oxygen atoms in total. The van der Waals surface area contributed by atoms with Crippen LogP contribution < -0.4 is 5.32 Å². The van der Waals surface area contributed by atoms with E-state index in [0.717, 1.165) is 29.1 Å². The first-order valence-corrected chi connectivity index (χ1v) is 9.17. The molecule has 2 aromatic heterocycles. The number of fused-ring (bicyclic) bond motifs is 1. The number of anilines is 1. The third kappa shape index (κ3) is 3.34. The number of hydrogen-bond donors (Lipinski definition) is 1. The summed E-state index contributed by atoms with van der Waals surface area (Å²) in [6.45, 7) is 2.94. The molecule has 1 aliphatic carbocycles. The lowest BCUT2D eigenvalue weighted by molar-refractivity contribution is 0.373. The van der Waals surface area contributed by atoms with Gasteiger partial charge in [-0.05, 0) is 18.8 Å². The van der Waals surface area contributed by atoms with Crippen LogP contribution in [0.4, 0.5) is 5.82 Å². The highest BCUT2D eigenvalue weighted by Gasteiger charge is 2.17. The second-order valence-electron chi connectivity index (χ2n) is 6.68. The molecule has 0 spiro atoms. The molecule has 1 aromatic carbocycles. The molecule has 6 heteroatoms. The standard InChI is InChI=1S/C19H23N5O/c1-2-16-21-24-19(25-16)17-14-10-6-7-11-15(14)18(23-22-17)20-12-13-8-4-3-5-9-13/h6-7,10-11,13H,2-5,8-9,12H2,1H3,(H,20,23). The van der Waals surface area contributed by atoms with E-state index in [9.17, 15) is 0 Å². The Hall–Kier alpha value is -2.50. The quantitative estimate of drug-likeness (QED) is 0.750. The Kier molecular flexibility index (Phi) is 4.59. The van der Waals surface area contributed by atoms with Crippen LogP contribution in [0.5, 0.6) is 0 Å². The number of nitrogens with zero attached hydrogens (tertiary/aromatic N) is 4. The first-order chi connectivity index (χ1) is 12.3. The first-order valence-electron chi connectivity index (χ1n) is 9.17. The highest BCUT2D eigenvalue weighted by Crippen LogP contribution is 2.30. The molecule has 1 N–H and O–H groups in total. The van der Waals surface area contributed by atoms with Gasteiger partial charge in [-0.15, -0.1) is 20.4 Å². The summed E-state index contributed by atoms with van der Waals surface area (Å²) in [5, 5.41) is 22.5. The van der Waals surface area contributed by atoms with Gasteiger partial charge < -0.3 is 9.73 Å². The summed E-state index contributed by atoms with van der Waals surface area (Å²) in [4.78, 5) is 0. The molecule has 1 saturated carbocycles. The molecular formula is C19H23N5O. The van der Waals surface area contributed by atoms with Crippen molar-refractivity contribution in [3.8, 4) is 11.6 Å². The van der Waals surface area contributed by atoms with Crippen molar-refractivity contribution in [3.63, 3.8) is 0 Å². The highest BCUT2D eigenvalue weighted by atomic mass is 16.4. The average molecular weight is 337 g/mol. The molecule has 4 rings (SSSR count). The lowest BCUT2D eigenvalue weighted by Crippen LogP contribution is -2.18. The van der Waals surface area contributed by atoms with Crippen molar-refractivity contribution in [3.05, 3.63) is 30.2 Å². The van der Waals surface area contributed by atoms with Crippen molar-refractivity contribution in [2.45, 2.75) is 45.4 Å². The van der Waals surface area contributed by atoms with E-state index in [1.165, 1.54) is 32.1 Å². The van der Waals surface area contributed by atoms with Crippen LogP contribution >= 0.6 is 0 Å². The Morgan fingerprint density at radius 1 is 1.00 bits per heavy atom. The van der Waals surface area contributed by atoms with E-state index >= 15 is 0 Å². The molecule has 0 radical (unpaired) electrons. The van der Waals surface area contributed by atoms with Crippen molar-refractivity contribution >= 4 is 16.6 Å². The minimum atomic E-state index is 0.430. The molecule has 1 aliphatic rings. The monoisotopic (exact) mass is 337 g/mol. The minimum Gasteiger partial charge on any atom is -0.419 e. The van der Waals surface area contributed by atoms with Gasteiger partial charge in [0.15, 0.2) is 11.5 Å². The first kappa shape index (κ1) is 16.0. The molecule has 130 valence electrons. The van der Waals surface area contributed by atoms with Crippen LogP contribution in [-0.2, 0) is 6.42 Å². The third-order valence-electron chi connectivity index (χ3n) is 4.94. The molecule has 0 bridgehead atoms. The van der Waals surface area contributed by atoms with Gasteiger partial charge in [0.25, 0.3) is 5.89 Å². The highest BCUT2D eigenvalue weighted by molar-refractivity contribution is 5.98. The van der Waals surface area contributed by atoms with Crippen LogP contribution in [-0.4, -0.2) is 26.9 Å². The van der Waals surface area contributed by atoms with Gasteiger partial charge >= 0.3 is 0 Å². The Labute approximate surface area is 147 Å². The normalized spacial score (nSPS) is 15.6. The van der Waals surface area contributed by atoms with Gasteiger partial charge in [-0.3, -0.25) is 0 Å². The van der Waals surface area contributed by atoms with E-state index in [0.29, 0.717) is 23.9 Å². The number of aromatic nitrogens is 4. The predicted octanol–water partition coefficient (Wildman–Crippen LogP) is 4.23. The van der Waals surface area contributed by atoms with Crippen molar-refractivity contribution in [1.29, 1.82) is 0 Å². The minimum absolute atomic E-state index is 0.430.